The van der Waals surface area contributed by atoms with Crippen LogP contribution >= 0.6 is 0 Å². The number of carbonyl (C=O) groups is 2. The van der Waals surface area contributed by atoms with Crippen LogP contribution in [0.25, 0.3) is 0 Å². The minimum Gasteiger partial charge on any atom is -0.496 e. The number of ketones is 1. The predicted octanol–water partition coefficient (Wildman–Crippen LogP) is 2.64. The zero-order valence-corrected chi connectivity index (χ0v) is 12.2. The van der Waals surface area contributed by atoms with Crippen molar-refractivity contribution >= 4 is 17.4 Å². The zero-order valence-electron chi connectivity index (χ0n) is 12.2. The second-order valence-corrected chi connectivity index (χ2v) is 4.51. The van der Waals surface area contributed by atoms with E-state index in [-0.39, 0.29) is 11.3 Å². The van der Waals surface area contributed by atoms with Crippen molar-refractivity contribution in [2.24, 2.45) is 0 Å². The number of Topliss-reactive ketones (excluding diaryl/α,β-unsaturated/α-hetero) is 1. The monoisotopic (exact) mass is 315 g/mol. The van der Waals surface area contributed by atoms with Crippen molar-refractivity contribution in [3.63, 3.8) is 0 Å². The number of nitrogens with zero attached hydrogens (tertiary/aromatic N) is 1. The average Bonchev–Trinajstić information content (AvgIpc) is 2.59. The zero-order chi connectivity index (χ0) is 16.8. The van der Waals surface area contributed by atoms with Crippen LogP contribution in [-0.4, -0.2) is 30.4 Å². The highest BCUT2D eigenvalue weighted by molar-refractivity contribution is 6.01. The quantitative estimate of drug-likeness (QED) is 0.352. The maximum absolute atomic E-state index is 12.1. The van der Waals surface area contributed by atoms with E-state index in [1.807, 2.05) is 0 Å². The maximum atomic E-state index is 12.1. The molecule has 0 saturated heterocycles. The molecular formula is C16H13NO6. The molecule has 0 aromatic heterocycles. The molecular weight excluding hydrogens is 302 g/mol. The summed E-state index contributed by atoms with van der Waals surface area (Å²) in [5, 5.41) is 10.7. The van der Waals surface area contributed by atoms with Gasteiger partial charge in [-0.3, -0.25) is 14.9 Å². The molecule has 0 aliphatic carbocycles. The molecule has 0 heterocycles. The summed E-state index contributed by atoms with van der Waals surface area (Å²) in [6, 6.07) is 11.7. The fraction of sp³-hybridized carbons (Fsp3) is 0.125. The van der Waals surface area contributed by atoms with Gasteiger partial charge in [-0.25, -0.2) is 4.79 Å². The molecule has 118 valence electrons. The minimum absolute atomic E-state index is 0.00651. The van der Waals surface area contributed by atoms with E-state index in [0.29, 0.717) is 11.3 Å². The van der Waals surface area contributed by atoms with Crippen LogP contribution in [0.3, 0.4) is 0 Å². The summed E-state index contributed by atoms with van der Waals surface area (Å²) < 4.78 is 9.98. The summed E-state index contributed by atoms with van der Waals surface area (Å²) in [6.07, 6.45) is 0. The Morgan fingerprint density at radius 1 is 1.13 bits per heavy atom. The number of hydrogen-bond donors (Lipinski definition) is 0. The van der Waals surface area contributed by atoms with Crippen LogP contribution in [0.1, 0.15) is 20.7 Å². The first-order valence-electron chi connectivity index (χ1n) is 6.60. The van der Waals surface area contributed by atoms with E-state index in [0.717, 1.165) is 6.07 Å². The van der Waals surface area contributed by atoms with Crippen molar-refractivity contribution in [1.29, 1.82) is 0 Å². The highest BCUT2D eigenvalue weighted by Crippen LogP contribution is 2.18. The number of esters is 1. The van der Waals surface area contributed by atoms with Crippen LogP contribution < -0.4 is 4.74 Å². The van der Waals surface area contributed by atoms with Gasteiger partial charge in [0.1, 0.15) is 5.75 Å². The summed E-state index contributed by atoms with van der Waals surface area (Å²) in [4.78, 5) is 34.0. The van der Waals surface area contributed by atoms with Crippen molar-refractivity contribution < 1.29 is 24.0 Å². The van der Waals surface area contributed by atoms with Gasteiger partial charge in [-0.05, 0) is 18.2 Å². The van der Waals surface area contributed by atoms with Gasteiger partial charge in [-0.15, -0.1) is 0 Å². The number of rotatable bonds is 6. The molecule has 23 heavy (non-hydrogen) atoms. The Labute approximate surface area is 131 Å². The van der Waals surface area contributed by atoms with E-state index in [1.165, 1.54) is 25.3 Å². The number of methoxy groups -OCH3 is 1. The van der Waals surface area contributed by atoms with Crippen molar-refractivity contribution in [2.75, 3.05) is 13.7 Å². The van der Waals surface area contributed by atoms with Crippen LogP contribution in [0.2, 0.25) is 0 Å². The van der Waals surface area contributed by atoms with Gasteiger partial charge in [0.05, 0.1) is 23.2 Å². The van der Waals surface area contributed by atoms with E-state index in [2.05, 4.69) is 0 Å². The summed E-state index contributed by atoms with van der Waals surface area (Å²) in [6.45, 7) is -0.484. The fourth-order valence-corrected chi connectivity index (χ4v) is 1.91. The standard InChI is InChI=1S/C16H13NO6/c1-22-15-8-3-2-7-13(15)14(18)10-23-16(19)11-5-4-6-12(9-11)17(20)21/h2-9H,10H2,1H3. The van der Waals surface area contributed by atoms with Crippen LogP contribution in [0.5, 0.6) is 5.75 Å². The lowest BCUT2D eigenvalue weighted by Gasteiger charge is -2.08. The molecule has 0 bridgehead atoms. The SMILES string of the molecule is COc1ccccc1C(=O)COC(=O)c1cccc([N+](=O)[O-])c1. The molecule has 0 amide bonds. The Kier molecular flexibility index (Phi) is 5.03. The van der Waals surface area contributed by atoms with E-state index in [4.69, 9.17) is 9.47 Å². The first-order valence-corrected chi connectivity index (χ1v) is 6.60. The third-order valence-corrected chi connectivity index (χ3v) is 3.03. The van der Waals surface area contributed by atoms with Gasteiger partial charge in [0.2, 0.25) is 5.78 Å². The Morgan fingerprint density at radius 2 is 1.87 bits per heavy atom. The second kappa shape index (κ2) is 7.17. The Balaban J connectivity index is 2.05. The number of para-hydroxylation sites is 1. The number of ether oxygens (including phenoxy) is 2. The number of non-ortho nitro benzene ring substituents is 1. The van der Waals surface area contributed by atoms with Crippen molar-refractivity contribution in [3.05, 3.63) is 69.8 Å². The Morgan fingerprint density at radius 3 is 2.57 bits per heavy atom. The lowest BCUT2D eigenvalue weighted by atomic mass is 10.1. The first-order chi connectivity index (χ1) is 11.0. The minimum atomic E-state index is -0.808. The van der Waals surface area contributed by atoms with Gasteiger partial charge < -0.3 is 9.47 Å². The molecule has 0 fully saturated rings. The summed E-state index contributed by atoms with van der Waals surface area (Å²) in [5.41, 5.74) is 0.0735. The lowest BCUT2D eigenvalue weighted by Crippen LogP contribution is -2.15. The Hall–Kier alpha value is -3.22. The molecule has 0 atom stereocenters. The molecule has 0 spiro atoms. The third-order valence-electron chi connectivity index (χ3n) is 3.03. The summed E-state index contributed by atoms with van der Waals surface area (Å²) in [5.74, 6) is -0.859. The van der Waals surface area contributed by atoms with Gasteiger partial charge >= 0.3 is 5.97 Å². The summed E-state index contributed by atoms with van der Waals surface area (Å²) in [7, 11) is 1.43. The van der Waals surface area contributed by atoms with Gasteiger partial charge in [-0.2, -0.15) is 0 Å². The molecule has 0 radical (unpaired) electrons. The fourth-order valence-electron chi connectivity index (χ4n) is 1.91. The van der Waals surface area contributed by atoms with Crippen molar-refractivity contribution in [2.45, 2.75) is 0 Å². The highest BCUT2D eigenvalue weighted by atomic mass is 16.6. The maximum Gasteiger partial charge on any atom is 0.338 e. The molecule has 2 aromatic rings. The molecule has 0 aliphatic rings. The Bertz CT molecular complexity index is 756. The number of benzene rings is 2. The van der Waals surface area contributed by atoms with Crippen molar-refractivity contribution in [3.8, 4) is 5.75 Å². The number of hydrogen-bond acceptors (Lipinski definition) is 6. The first kappa shape index (κ1) is 16.2. The van der Waals surface area contributed by atoms with E-state index >= 15 is 0 Å². The lowest BCUT2D eigenvalue weighted by molar-refractivity contribution is -0.384. The molecule has 0 N–H and O–H groups in total. The molecule has 0 aliphatic heterocycles. The number of nitro groups is 1. The largest absolute Gasteiger partial charge is 0.496 e. The molecule has 2 aromatic carbocycles. The molecule has 7 heteroatoms. The molecule has 2 rings (SSSR count). The van der Waals surface area contributed by atoms with Gasteiger partial charge in [0.25, 0.3) is 5.69 Å². The number of carbonyl (C=O) groups excluding carboxylic acids is 2. The topological polar surface area (TPSA) is 95.7 Å². The molecule has 7 nitrogen and oxygen atoms in total. The average molecular weight is 315 g/mol. The van der Waals surface area contributed by atoms with Crippen LogP contribution in [0.15, 0.2) is 48.5 Å². The van der Waals surface area contributed by atoms with Gasteiger partial charge in [-0.1, -0.05) is 18.2 Å². The smallest absolute Gasteiger partial charge is 0.338 e. The normalized spacial score (nSPS) is 9.96. The van der Waals surface area contributed by atoms with Crippen LogP contribution in [0.4, 0.5) is 5.69 Å². The summed E-state index contributed by atoms with van der Waals surface area (Å²) >= 11 is 0. The van der Waals surface area contributed by atoms with Crippen LogP contribution in [-0.2, 0) is 4.74 Å². The predicted molar refractivity (Wildman–Crippen MR) is 80.7 cm³/mol. The van der Waals surface area contributed by atoms with Gasteiger partial charge in [0.15, 0.2) is 6.61 Å². The van der Waals surface area contributed by atoms with Crippen molar-refractivity contribution in [1.82, 2.24) is 0 Å². The molecule has 0 saturated carbocycles. The third kappa shape index (κ3) is 3.91. The number of nitro benzene ring substituents is 1. The van der Waals surface area contributed by atoms with E-state index < -0.39 is 23.3 Å². The van der Waals surface area contributed by atoms with E-state index in [9.17, 15) is 19.7 Å². The highest BCUT2D eigenvalue weighted by Gasteiger charge is 2.16. The molecule has 0 unspecified atom stereocenters. The second-order valence-electron chi connectivity index (χ2n) is 4.51. The van der Waals surface area contributed by atoms with E-state index in [1.54, 1.807) is 24.3 Å². The van der Waals surface area contributed by atoms with Crippen LogP contribution in [0, 0.1) is 10.1 Å². The van der Waals surface area contributed by atoms with Gasteiger partial charge in [0, 0.05) is 12.1 Å².